The smallest absolute Gasteiger partial charge is 0.306 e. The molecule has 0 bridgehead atoms. The number of benzene rings is 1. The largest absolute Gasteiger partial charge is 0.508 e. The topological polar surface area (TPSA) is 66.8 Å². The van der Waals surface area contributed by atoms with E-state index in [1.807, 2.05) is 12.1 Å². The molecule has 4 heteroatoms. The molecule has 1 fully saturated rings. The SMILES string of the molecule is CCOC(=O)CC1CCC(O)C1c1ccccc1O. The van der Waals surface area contributed by atoms with Crippen LogP contribution in [-0.2, 0) is 9.53 Å². The summed E-state index contributed by atoms with van der Waals surface area (Å²) in [6, 6.07) is 7.01. The van der Waals surface area contributed by atoms with Crippen molar-refractivity contribution in [2.75, 3.05) is 6.61 Å². The van der Waals surface area contributed by atoms with Crippen molar-refractivity contribution in [3.05, 3.63) is 29.8 Å². The molecule has 2 rings (SSSR count). The van der Waals surface area contributed by atoms with E-state index in [-0.39, 0.29) is 23.6 Å². The molecule has 0 amide bonds. The van der Waals surface area contributed by atoms with Crippen molar-refractivity contribution in [2.45, 2.75) is 38.2 Å². The molecule has 3 atom stereocenters. The first-order valence-corrected chi connectivity index (χ1v) is 6.75. The second-order valence-electron chi connectivity index (χ2n) is 5.00. The summed E-state index contributed by atoms with van der Waals surface area (Å²) in [7, 11) is 0. The summed E-state index contributed by atoms with van der Waals surface area (Å²) in [5, 5.41) is 20.0. The van der Waals surface area contributed by atoms with Gasteiger partial charge in [0.05, 0.1) is 12.7 Å². The number of aromatic hydroxyl groups is 1. The van der Waals surface area contributed by atoms with Gasteiger partial charge in [0.2, 0.25) is 0 Å². The number of ether oxygens (including phenoxy) is 1. The number of aliphatic hydroxyl groups is 1. The third kappa shape index (κ3) is 3.07. The molecule has 104 valence electrons. The number of carbonyl (C=O) groups is 1. The minimum absolute atomic E-state index is 0.0300. The number of para-hydroxylation sites is 1. The first-order valence-electron chi connectivity index (χ1n) is 6.75. The maximum absolute atomic E-state index is 11.6. The minimum Gasteiger partial charge on any atom is -0.508 e. The van der Waals surface area contributed by atoms with Gasteiger partial charge >= 0.3 is 5.97 Å². The highest BCUT2D eigenvalue weighted by atomic mass is 16.5. The van der Waals surface area contributed by atoms with Crippen LogP contribution in [0.2, 0.25) is 0 Å². The molecule has 0 aromatic heterocycles. The van der Waals surface area contributed by atoms with E-state index in [0.717, 1.165) is 12.0 Å². The zero-order valence-corrected chi connectivity index (χ0v) is 11.1. The predicted octanol–water partition coefficient (Wildman–Crippen LogP) is 2.20. The van der Waals surface area contributed by atoms with Gasteiger partial charge in [-0.15, -0.1) is 0 Å². The van der Waals surface area contributed by atoms with E-state index in [1.54, 1.807) is 19.1 Å². The fraction of sp³-hybridized carbons (Fsp3) is 0.533. The molecule has 1 aliphatic carbocycles. The molecule has 19 heavy (non-hydrogen) atoms. The Kier molecular flexibility index (Phi) is 4.43. The van der Waals surface area contributed by atoms with Crippen molar-refractivity contribution in [3.63, 3.8) is 0 Å². The molecule has 1 aliphatic rings. The van der Waals surface area contributed by atoms with Crippen LogP contribution in [0, 0.1) is 5.92 Å². The standard InChI is InChI=1S/C15H20O4/c1-2-19-14(18)9-10-7-8-13(17)15(10)11-5-3-4-6-12(11)16/h3-6,10,13,15-17H,2,7-9H2,1H3. The molecule has 1 aromatic rings. The van der Waals surface area contributed by atoms with Crippen LogP contribution in [0.4, 0.5) is 0 Å². The summed E-state index contributed by atoms with van der Waals surface area (Å²) in [4.78, 5) is 11.6. The van der Waals surface area contributed by atoms with Gasteiger partial charge in [-0.3, -0.25) is 4.79 Å². The third-order valence-electron chi connectivity index (χ3n) is 3.79. The van der Waals surface area contributed by atoms with Gasteiger partial charge < -0.3 is 14.9 Å². The number of phenolic OH excluding ortho intramolecular Hbond substituents is 1. The molecule has 1 aromatic carbocycles. The van der Waals surface area contributed by atoms with Gasteiger partial charge in [-0.25, -0.2) is 0 Å². The second kappa shape index (κ2) is 6.06. The molecule has 0 spiro atoms. The van der Waals surface area contributed by atoms with E-state index in [0.29, 0.717) is 19.4 Å². The summed E-state index contributed by atoms with van der Waals surface area (Å²) in [5.74, 6) is -0.211. The monoisotopic (exact) mass is 264 g/mol. The van der Waals surface area contributed by atoms with Gasteiger partial charge in [0.1, 0.15) is 5.75 Å². The average molecular weight is 264 g/mol. The van der Waals surface area contributed by atoms with Crippen LogP contribution in [0.1, 0.15) is 37.7 Å². The number of aliphatic hydroxyl groups excluding tert-OH is 1. The number of hydrogen-bond acceptors (Lipinski definition) is 4. The molecule has 2 N–H and O–H groups in total. The maximum Gasteiger partial charge on any atom is 0.306 e. The highest BCUT2D eigenvalue weighted by Gasteiger charge is 2.38. The lowest BCUT2D eigenvalue weighted by Crippen LogP contribution is -2.20. The van der Waals surface area contributed by atoms with Crippen molar-refractivity contribution in [2.24, 2.45) is 5.92 Å². The van der Waals surface area contributed by atoms with Crippen molar-refractivity contribution in [3.8, 4) is 5.75 Å². The van der Waals surface area contributed by atoms with Crippen LogP contribution in [0.3, 0.4) is 0 Å². The Morgan fingerprint density at radius 1 is 1.37 bits per heavy atom. The number of hydrogen-bond donors (Lipinski definition) is 2. The van der Waals surface area contributed by atoms with Crippen molar-refractivity contribution >= 4 is 5.97 Å². The summed E-state index contributed by atoms with van der Waals surface area (Å²) < 4.78 is 4.97. The Labute approximate surface area is 113 Å². The van der Waals surface area contributed by atoms with E-state index in [1.165, 1.54) is 0 Å². The Bertz CT molecular complexity index is 444. The molecule has 0 saturated heterocycles. The molecule has 0 heterocycles. The van der Waals surface area contributed by atoms with Crippen molar-refractivity contribution in [1.29, 1.82) is 0 Å². The molecule has 0 radical (unpaired) electrons. The number of esters is 1. The predicted molar refractivity (Wildman–Crippen MR) is 70.8 cm³/mol. The quantitative estimate of drug-likeness (QED) is 0.818. The lowest BCUT2D eigenvalue weighted by molar-refractivity contribution is -0.144. The Balaban J connectivity index is 2.16. The van der Waals surface area contributed by atoms with Crippen LogP contribution in [-0.4, -0.2) is 28.9 Å². The van der Waals surface area contributed by atoms with Crippen LogP contribution in [0.15, 0.2) is 24.3 Å². The number of rotatable bonds is 4. The van der Waals surface area contributed by atoms with Crippen LogP contribution >= 0.6 is 0 Å². The van der Waals surface area contributed by atoms with Gasteiger partial charge in [-0.2, -0.15) is 0 Å². The highest BCUT2D eigenvalue weighted by molar-refractivity contribution is 5.70. The third-order valence-corrected chi connectivity index (χ3v) is 3.79. The number of carbonyl (C=O) groups excluding carboxylic acids is 1. The van der Waals surface area contributed by atoms with E-state index in [9.17, 15) is 15.0 Å². The number of phenols is 1. The van der Waals surface area contributed by atoms with E-state index < -0.39 is 6.10 Å². The fourth-order valence-electron chi connectivity index (χ4n) is 2.95. The zero-order chi connectivity index (χ0) is 13.8. The summed E-state index contributed by atoms with van der Waals surface area (Å²) in [6.45, 7) is 2.15. The molecule has 1 saturated carbocycles. The highest BCUT2D eigenvalue weighted by Crippen LogP contribution is 2.44. The molecular formula is C15H20O4. The van der Waals surface area contributed by atoms with Gasteiger partial charge in [-0.1, -0.05) is 18.2 Å². The van der Waals surface area contributed by atoms with Crippen LogP contribution in [0.25, 0.3) is 0 Å². The van der Waals surface area contributed by atoms with E-state index >= 15 is 0 Å². The van der Waals surface area contributed by atoms with Gasteiger partial charge in [0.25, 0.3) is 0 Å². The van der Waals surface area contributed by atoms with Crippen LogP contribution < -0.4 is 0 Å². The minimum atomic E-state index is -0.507. The normalized spacial score (nSPS) is 26.3. The van der Waals surface area contributed by atoms with Crippen LogP contribution in [0.5, 0.6) is 5.75 Å². The first-order chi connectivity index (χ1) is 9.13. The zero-order valence-electron chi connectivity index (χ0n) is 11.1. The van der Waals surface area contributed by atoms with Crippen molar-refractivity contribution < 1.29 is 19.7 Å². The summed E-state index contributed by atoms with van der Waals surface area (Å²) >= 11 is 0. The molecular weight excluding hydrogens is 244 g/mol. The fourth-order valence-corrected chi connectivity index (χ4v) is 2.95. The van der Waals surface area contributed by atoms with E-state index in [2.05, 4.69) is 0 Å². The summed E-state index contributed by atoms with van der Waals surface area (Å²) in [5.41, 5.74) is 0.724. The van der Waals surface area contributed by atoms with Gasteiger partial charge in [0.15, 0.2) is 0 Å². The second-order valence-corrected chi connectivity index (χ2v) is 5.00. The van der Waals surface area contributed by atoms with Gasteiger partial charge in [0, 0.05) is 12.3 Å². The molecule has 0 aliphatic heterocycles. The Morgan fingerprint density at radius 2 is 2.11 bits per heavy atom. The Morgan fingerprint density at radius 3 is 2.79 bits per heavy atom. The lowest BCUT2D eigenvalue weighted by Gasteiger charge is -2.22. The van der Waals surface area contributed by atoms with E-state index in [4.69, 9.17) is 4.74 Å². The maximum atomic E-state index is 11.6. The van der Waals surface area contributed by atoms with Crippen molar-refractivity contribution in [1.82, 2.24) is 0 Å². The van der Waals surface area contributed by atoms with Gasteiger partial charge in [-0.05, 0) is 37.3 Å². The molecule has 3 unspecified atom stereocenters. The first kappa shape index (κ1) is 13.9. The summed E-state index contributed by atoms with van der Waals surface area (Å²) in [6.07, 6.45) is 1.22. The lowest BCUT2D eigenvalue weighted by atomic mass is 9.85. The Hall–Kier alpha value is -1.55. The average Bonchev–Trinajstić information content (AvgIpc) is 2.72. The molecule has 4 nitrogen and oxygen atoms in total.